The van der Waals surface area contributed by atoms with Crippen LogP contribution in [-0.4, -0.2) is 122 Å². The number of aromatic nitrogens is 4. The van der Waals surface area contributed by atoms with E-state index >= 15 is 0 Å². The summed E-state index contributed by atoms with van der Waals surface area (Å²) in [6.45, 7) is -0.171. The summed E-state index contributed by atoms with van der Waals surface area (Å²) >= 11 is 5.86. The summed E-state index contributed by atoms with van der Waals surface area (Å²) in [6, 6.07) is 6.97. The molecule has 7 rings (SSSR count). The van der Waals surface area contributed by atoms with Crippen LogP contribution in [0.2, 0.25) is 5.02 Å². The van der Waals surface area contributed by atoms with Crippen LogP contribution in [0, 0.1) is 0 Å². The fourth-order valence-electron chi connectivity index (χ4n) is 7.08. The molecule has 304 valence electrons. The first-order valence-electron chi connectivity index (χ1n) is 17.2. The number of aryl methyl sites for hydroxylation is 2. The van der Waals surface area contributed by atoms with E-state index in [0.717, 1.165) is 10.2 Å². The van der Waals surface area contributed by atoms with Crippen molar-refractivity contribution >= 4 is 55.0 Å². The second-order valence-corrected chi connectivity index (χ2v) is 19.2. The molecular weight excluding hydrogens is 814 g/mol. The molecule has 0 unspecified atom stereocenters. The predicted octanol–water partition coefficient (Wildman–Crippen LogP) is 2.46. The zero-order valence-electron chi connectivity index (χ0n) is 29.8. The van der Waals surface area contributed by atoms with E-state index in [1.54, 1.807) is 24.3 Å². The van der Waals surface area contributed by atoms with Gasteiger partial charge in [0.25, 0.3) is 17.7 Å². The molecule has 0 spiro atoms. The van der Waals surface area contributed by atoms with E-state index in [9.17, 15) is 53.6 Å². The number of fused-ring (bicyclic) bond motifs is 2. The average Bonchev–Trinajstić information content (AvgIpc) is 4.05. The third-order valence-corrected chi connectivity index (χ3v) is 15.2. The number of alkyl halides is 4. The number of halogens is 5. The normalized spacial score (nSPS) is 18.3. The second kappa shape index (κ2) is 14.7. The van der Waals surface area contributed by atoms with Crippen molar-refractivity contribution < 1.29 is 58.7 Å². The zero-order chi connectivity index (χ0) is 41.1. The third-order valence-electron chi connectivity index (χ3n) is 10.6. The second-order valence-electron chi connectivity index (χ2n) is 14.1. The quantitative estimate of drug-likeness (QED) is 0.253. The zero-order valence-corrected chi connectivity index (χ0v) is 32.2. The van der Waals surface area contributed by atoms with Crippen molar-refractivity contribution in [2.24, 2.45) is 14.1 Å². The van der Waals surface area contributed by atoms with Crippen molar-refractivity contribution in [2.45, 2.75) is 66.1 Å². The molecule has 4 aliphatic rings. The number of amides is 3. The van der Waals surface area contributed by atoms with E-state index in [4.69, 9.17) is 16.7 Å². The number of carbonyl (C=O) groups is 4. The van der Waals surface area contributed by atoms with E-state index in [1.165, 1.54) is 28.6 Å². The van der Waals surface area contributed by atoms with E-state index < -0.39 is 64.4 Å². The molecule has 0 bridgehead atoms. The Labute approximate surface area is 322 Å². The van der Waals surface area contributed by atoms with Gasteiger partial charge in [0.2, 0.25) is 19.7 Å². The average molecular weight is 850 g/mol. The Morgan fingerprint density at radius 1 is 0.786 bits per heavy atom. The summed E-state index contributed by atoms with van der Waals surface area (Å²) in [6.07, 6.45) is 0.815. The molecule has 4 heterocycles. The predicted molar refractivity (Wildman–Crippen MR) is 189 cm³/mol. The van der Waals surface area contributed by atoms with E-state index in [0.29, 0.717) is 10.6 Å². The van der Waals surface area contributed by atoms with Gasteiger partial charge in [-0.2, -0.15) is 27.8 Å². The number of hydrogen-bond donors (Lipinski definition) is 2. The van der Waals surface area contributed by atoms with Crippen LogP contribution < -0.4 is 5.32 Å². The Bertz CT molecular complexity index is 2330. The molecule has 0 saturated heterocycles. The van der Waals surface area contributed by atoms with E-state index in [-0.39, 0.29) is 99.6 Å². The minimum Gasteiger partial charge on any atom is -0.476 e. The summed E-state index contributed by atoms with van der Waals surface area (Å²) in [5.41, 5.74) is 1.70. The lowest BCUT2D eigenvalue weighted by molar-refractivity contribution is 0.0685. The first-order chi connectivity index (χ1) is 26.2. The number of hydrogen-bond acceptors (Lipinski definition) is 10. The Morgan fingerprint density at radius 3 is 1.59 bits per heavy atom. The third kappa shape index (κ3) is 7.25. The molecule has 2 N–H and O–H groups in total. The molecule has 0 radical (unpaired) electrons. The van der Waals surface area contributed by atoms with Crippen molar-refractivity contribution in [3.63, 3.8) is 0 Å². The Morgan fingerprint density at radius 2 is 1.20 bits per heavy atom. The summed E-state index contributed by atoms with van der Waals surface area (Å²) in [7, 11) is -6.34. The summed E-state index contributed by atoms with van der Waals surface area (Å²) in [5.74, 6) is -9.77. The van der Waals surface area contributed by atoms with Crippen LogP contribution in [0.4, 0.5) is 17.6 Å². The number of nitrogens with zero attached hydrogens (tertiary/aromatic N) is 6. The largest absolute Gasteiger partial charge is 0.476 e. The van der Waals surface area contributed by atoms with Gasteiger partial charge in [-0.05, 0) is 56.2 Å². The molecule has 3 aromatic rings. The maximum absolute atomic E-state index is 13.1. The van der Waals surface area contributed by atoms with Crippen LogP contribution in [-0.2, 0) is 53.2 Å². The minimum absolute atomic E-state index is 0.0592. The van der Waals surface area contributed by atoms with Crippen LogP contribution in [0.3, 0.4) is 0 Å². The smallest absolute Gasteiger partial charge is 0.356 e. The molecule has 16 nitrogen and oxygen atoms in total. The topological polar surface area (TPSA) is 211 Å². The number of rotatable bonds is 12. The van der Waals surface area contributed by atoms with Crippen LogP contribution in [0.15, 0.2) is 24.3 Å². The Balaban J connectivity index is 0.000000198. The first kappa shape index (κ1) is 41.1. The lowest BCUT2D eigenvalue weighted by Gasteiger charge is -2.30. The number of sulfone groups is 2. The maximum atomic E-state index is 13.1. The number of carboxylic acids is 1. The lowest BCUT2D eigenvalue weighted by atomic mass is 10.0. The number of nitrogens with one attached hydrogen (secondary N) is 1. The molecule has 2 fully saturated rings. The van der Waals surface area contributed by atoms with Crippen molar-refractivity contribution in [1.29, 1.82) is 0 Å². The SMILES string of the molecule is Cn1nc(C(=O)NCc2ccc(Cl)cc2)c2c1C(=O)N(CC1(S(=O)(=O)C(F)F)CC1)CC2.Cn1nc(C(=O)O)c2c1C(=O)N(CC1(S(=O)(=O)C(F)F)CC1)CC2. The molecule has 3 amide bonds. The highest BCUT2D eigenvalue weighted by Gasteiger charge is 2.60. The molecule has 2 aromatic heterocycles. The molecule has 23 heteroatoms. The lowest BCUT2D eigenvalue weighted by Crippen LogP contribution is -2.47. The van der Waals surface area contributed by atoms with Gasteiger partial charge >= 0.3 is 17.5 Å². The van der Waals surface area contributed by atoms with Gasteiger partial charge in [0, 0.05) is 63.0 Å². The highest BCUT2D eigenvalue weighted by molar-refractivity contribution is 7.93. The maximum Gasteiger partial charge on any atom is 0.356 e. The molecule has 2 aliphatic heterocycles. The van der Waals surface area contributed by atoms with Crippen molar-refractivity contribution in [2.75, 3.05) is 26.2 Å². The highest BCUT2D eigenvalue weighted by atomic mass is 35.5. The molecule has 2 aliphatic carbocycles. The van der Waals surface area contributed by atoms with Gasteiger partial charge in [-0.25, -0.2) is 21.6 Å². The number of carbonyl (C=O) groups excluding carboxylic acids is 3. The fraction of sp³-hybridized carbons (Fsp3) is 0.515. The minimum atomic E-state index is -4.64. The van der Waals surface area contributed by atoms with Crippen LogP contribution in [0.25, 0.3) is 0 Å². The van der Waals surface area contributed by atoms with Gasteiger partial charge in [-0.3, -0.25) is 23.7 Å². The van der Waals surface area contributed by atoms with E-state index in [2.05, 4.69) is 15.5 Å². The van der Waals surface area contributed by atoms with Crippen LogP contribution >= 0.6 is 11.6 Å². The Hall–Kier alpha value is -4.57. The number of carboxylic acid groups (broad SMARTS) is 1. The van der Waals surface area contributed by atoms with Gasteiger partial charge in [0.15, 0.2) is 11.4 Å². The summed E-state index contributed by atoms with van der Waals surface area (Å²) in [4.78, 5) is 51.9. The van der Waals surface area contributed by atoms with Gasteiger partial charge in [0.05, 0.1) is 9.49 Å². The number of benzene rings is 1. The summed E-state index contributed by atoms with van der Waals surface area (Å²) in [5, 5.41) is 20.4. The molecule has 1 aromatic carbocycles. The van der Waals surface area contributed by atoms with E-state index in [1.807, 2.05) is 0 Å². The summed E-state index contributed by atoms with van der Waals surface area (Å²) < 4.78 is 98.7. The molecular formula is C33H36ClF4N7O9S2. The van der Waals surface area contributed by atoms with Crippen molar-refractivity contribution in [1.82, 2.24) is 34.7 Å². The fourth-order valence-corrected chi connectivity index (χ4v) is 9.98. The molecule has 2 saturated carbocycles. The van der Waals surface area contributed by atoms with Gasteiger partial charge in [-0.15, -0.1) is 0 Å². The molecule has 0 atom stereocenters. The molecule has 56 heavy (non-hydrogen) atoms. The standard InChI is InChI=1S/C20H21ClF2N4O4S.C13H15F2N3O5S/c1-26-16-14(15(25-26)17(28)24-10-12-2-4-13(21)5-3-12)6-9-27(18(16)29)11-20(7-8-20)32(30,31)19(22)23;1-17-9-7(8(16-17)11(20)21)2-5-18(10(9)19)6-13(3-4-13)24(22,23)12(14)15/h2-5,19H,6-11H2,1H3,(H,24,28);12H,2-6H2,1H3,(H,20,21). The highest BCUT2D eigenvalue weighted by Crippen LogP contribution is 2.48. The van der Waals surface area contributed by atoms with Gasteiger partial charge in [0.1, 0.15) is 11.4 Å². The van der Waals surface area contributed by atoms with Gasteiger partial charge in [-0.1, -0.05) is 23.7 Å². The Kier molecular flexibility index (Phi) is 10.8. The first-order valence-corrected chi connectivity index (χ1v) is 20.6. The van der Waals surface area contributed by atoms with Crippen LogP contribution in [0.5, 0.6) is 0 Å². The monoisotopic (exact) mass is 849 g/mol. The van der Waals surface area contributed by atoms with Crippen LogP contribution in [0.1, 0.15) is 84.3 Å². The number of aromatic carboxylic acids is 1. The van der Waals surface area contributed by atoms with Gasteiger partial charge < -0.3 is 20.2 Å². The van der Waals surface area contributed by atoms with Crippen molar-refractivity contribution in [3.8, 4) is 0 Å². The van der Waals surface area contributed by atoms with Crippen molar-refractivity contribution in [3.05, 3.63) is 68.8 Å².